The van der Waals surface area contributed by atoms with Crippen LogP contribution in [-0.4, -0.2) is 25.2 Å². The Balaban J connectivity index is 2.51. The molecule has 2 nitrogen and oxygen atoms in total. The quantitative estimate of drug-likeness (QED) is 0.575. The molecule has 0 amide bonds. The summed E-state index contributed by atoms with van der Waals surface area (Å²) in [5.41, 5.74) is 0. The molecule has 0 aromatic rings. The summed E-state index contributed by atoms with van der Waals surface area (Å²) in [5, 5.41) is 0.227. The Bertz CT molecular complexity index is 189. The van der Waals surface area contributed by atoms with Crippen molar-refractivity contribution >= 4 is 22.5 Å². The molecule has 0 N–H and O–H groups in total. The summed E-state index contributed by atoms with van der Waals surface area (Å²) < 4.78 is 21.5. The van der Waals surface area contributed by atoms with E-state index in [2.05, 4.69) is 12.6 Å². The van der Waals surface area contributed by atoms with Crippen molar-refractivity contribution < 1.29 is 8.42 Å². The molecule has 0 atom stereocenters. The molecule has 1 aliphatic carbocycles. The van der Waals surface area contributed by atoms with Crippen LogP contribution >= 0.6 is 12.6 Å². The highest BCUT2D eigenvalue weighted by Gasteiger charge is 2.33. The van der Waals surface area contributed by atoms with Crippen LogP contribution < -0.4 is 0 Å². The molecule has 0 bridgehead atoms. The smallest absolute Gasteiger partial charge is 0.150 e. The molecule has 9 heavy (non-hydrogen) atoms. The number of rotatable bonds is 1. The molecule has 0 radical (unpaired) electrons. The van der Waals surface area contributed by atoms with Gasteiger partial charge in [0, 0.05) is 11.5 Å². The summed E-state index contributed by atoms with van der Waals surface area (Å²) in [4.78, 5) is 0. The normalized spacial score (nSPS) is 35.8. The summed E-state index contributed by atoms with van der Waals surface area (Å²) in [5.74, 6) is 0. The van der Waals surface area contributed by atoms with Crippen LogP contribution in [0.25, 0.3) is 0 Å². The van der Waals surface area contributed by atoms with Gasteiger partial charge in [0.05, 0.1) is 5.25 Å². The minimum absolute atomic E-state index is 0.0972. The lowest BCUT2D eigenvalue weighted by Crippen LogP contribution is -2.35. The fourth-order valence-electron chi connectivity index (χ4n) is 0.887. The summed E-state index contributed by atoms with van der Waals surface area (Å²) in [6.45, 7) is 0. The van der Waals surface area contributed by atoms with E-state index in [1.54, 1.807) is 0 Å². The minimum atomic E-state index is -2.75. The molecule has 0 saturated heterocycles. The van der Waals surface area contributed by atoms with Crippen molar-refractivity contribution in [2.45, 2.75) is 23.3 Å². The average Bonchev–Trinajstić information content (AvgIpc) is 1.55. The summed E-state index contributed by atoms with van der Waals surface area (Å²) in [7, 11) is -2.75. The van der Waals surface area contributed by atoms with Gasteiger partial charge >= 0.3 is 0 Å². The number of thiol groups is 1. The Hall–Kier alpha value is 0.300. The van der Waals surface area contributed by atoms with E-state index in [1.165, 1.54) is 6.26 Å². The Morgan fingerprint density at radius 3 is 2.00 bits per heavy atom. The van der Waals surface area contributed by atoms with Crippen molar-refractivity contribution in [2.24, 2.45) is 0 Å². The second kappa shape index (κ2) is 2.16. The zero-order valence-electron chi connectivity index (χ0n) is 5.24. The lowest BCUT2D eigenvalue weighted by atomic mass is 9.99. The van der Waals surface area contributed by atoms with Crippen LogP contribution in [0.1, 0.15) is 12.8 Å². The van der Waals surface area contributed by atoms with Gasteiger partial charge in [0.15, 0.2) is 0 Å². The van der Waals surface area contributed by atoms with Crippen molar-refractivity contribution in [1.82, 2.24) is 0 Å². The Labute approximate surface area is 61.0 Å². The van der Waals surface area contributed by atoms with E-state index in [9.17, 15) is 8.42 Å². The molecule has 1 saturated carbocycles. The number of sulfone groups is 1. The Morgan fingerprint density at radius 1 is 1.44 bits per heavy atom. The van der Waals surface area contributed by atoms with Crippen molar-refractivity contribution in [3.05, 3.63) is 0 Å². The molecule has 0 aromatic heterocycles. The van der Waals surface area contributed by atoms with Gasteiger partial charge in [-0.15, -0.1) is 0 Å². The van der Waals surface area contributed by atoms with Gasteiger partial charge in [0.2, 0.25) is 0 Å². The summed E-state index contributed by atoms with van der Waals surface area (Å²) >= 11 is 4.11. The fraction of sp³-hybridized carbons (Fsp3) is 1.00. The van der Waals surface area contributed by atoms with Gasteiger partial charge in [-0.05, 0) is 12.8 Å². The van der Waals surface area contributed by atoms with Crippen LogP contribution in [0.15, 0.2) is 0 Å². The molecule has 1 rings (SSSR count). The first kappa shape index (κ1) is 7.41. The molecular weight excluding hydrogens is 156 g/mol. The summed E-state index contributed by atoms with van der Waals surface area (Å²) in [6, 6.07) is 0. The second-order valence-electron chi connectivity index (χ2n) is 2.58. The molecule has 54 valence electrons. The van der Waals surface area contributed by atoms with E-state index in [-0.39, 0.29) is 5.25 Å². The van der Waals surface area contributed by atoms with Gasteiger partial charge in [0.1, 0.15) is 9.84 Å². The topological polar surface area (TPSA) is 34.1 Å². The Kier molecular flexibility index (Phi) is 1.78. The Morgan fingerprint density at radius 2 is 1.89 bits per heavy atom. The van der Waals surface area contributed by atoms with Crippen LogP contribution in [0.3, 0.4) is 0 Å². The maximum absolute atomic E-state index is 10.7. The third-order valence-electron chi connectivity index (χ3n) is 1.68. The molecule has 1 fully saturated rings. The third kappa shape index (κ3) is 1.61. The van der Waals surface area contributed by atoms with Gasteiger partial charge in [-0.1, -0.05) is 0 Å². The van der Waals surface area contributed by atoms with Crippen LogP contribution in [0.4, 0.5) is 0 Å². The van der Waals surface area contributed by atoms with E-state index in [0.717, 1.165) is 12.8 Å². The molecule has 0 spiro atoms. The van der Waals surface area contributed by atoms with E-state index in [0.29, 0.717) is 5.25 Å². The number of hydrogen-bond donors (Lipinski definition) is 1. The molecule has 0 unspecified atom stereocenters. The van der Waals surface area contributed by atoms with E-state index in [1.807, 2.05) is 0 Å². The minimum Gasteiger partial charge on any atom is -0.229 e. The maximum atomic E-state index is 10.7. The van der Waals surface area contributed by atoms with Gasteiger partial charge in [-0.2, -0.15) is 12.6 Å². The van der Waals surface area contributed by atoms with E-state index >= 15 is 0 Å². The van der Waals surface area contributed by atoms with Crippen LogP contribution in [0, 0.1) is 0 Å². The zero-order valence-corrected chi connectivity index (χ0v) is 6.95. The molecular formula is C5H10O2S2. The lowest BCUT2D eigenvalue weighted by Gasteiger charge is -2.29. The van der Waals surface area contributed by atoms with Crippen molar-refractivity contribution in [1.29, 1.82) is 0 Å². The lowest BCUT2D eigenvalue weighted by molar-refractivity contribution is 0.494. The highest BCUT2D eigenvalue weighted by atomic mass is 32.2. The molecule has 0 aromatic carbocycles. The van der Waals surface area contributed by atoms with E-state index < -0.39 is 9.84 Å². The maximum Gasteiger partial charge on any atom is 0.150 e. The highest BCUT2D eigenvalue weighted by molar-refractivity contribution is 7.91. The number of hydrogen-bond acceptors (Lipinski definition) is 3. The van der Waals surface area contributed by atoms with Gasteiger partial charge in [-0.25, -0.2) is 8.42 Å². The third-order valence-corrected chi connectivity index (χ3v) is 3.69. The van der Waals surface area contributed by atoms with Crippen molar-refractivity contribution in [2.75, 3.05) is 6.26 Å². The predicted octanol–water partition coefficient (Wildman–Crippen LogP) is 0.492. The largest absolute Gasteiger partial charge is 0.229 e. The van der Waals surface area contributed by atoms with Gasteiger partial charge < -0.3 is 0 Å². The molecule has 1 aliphatic rings. The van der Waals surface area contributed by atoms with Crippen molar-refractivity contribution in [3.8, 4) is 0 Å². The van der Waals surface area contributed by atoms with Crippen LogP contribution in [-0.2, 0) is 9.84 Å². The fourth-order valence-corrected chi connectivity index (χ4v) is 2.85. The highest BCUT2D eigenvalue weighted by Crippen LogP contribution is 2.30. The van der Waals surface area contributed by atoms with E-state index in [4.69, 9.17) is 0 Å². The second-order valence-corrected chi connectivity index (χ2v) is 5.63. The van der Waals surface area contributed by atoms with Crippen LogP contribution in [0.5, 0.6) is 0 Å². The van der Waals surface area contributed by atoms with Crippen molar-refractivity contribution in [3.63, 3.8) is 0 Å². The monoisotopic (exact) mass is 166 g/mol. The van der Waals surface area contributed by atoms with Crippen LogP contribution in [0.2, 0.25) is 0 Å². The molecule has 0 aliphatic heterocycles. The first-order chi connectivity index (χ1) is 4.00. The molecule has 0 heterocycles. The standard InChI is InChI=1S/C5H10O2S2/c1-9(6,7)5-2-4(8)3-5/h4-5,8H,2-3H2,1H3. The summed E-state index contributed by atoms with van der Waals surface area (Å²) in [6.07, 6.45) is 2.77. The SMILES string of the molecule is CS(=O)(=O)C1CC(S)C1. The molecule has 4 heteroatoms. The first-order valence-corrected chi connectivity index (χ1v) is 5.34. The zero-order chi connectivity index (χ0) is 7.07. The van der Waals surface area contributed by atoms with Gasteiger partial charge in [-0.3, -0.25) is 0 Å². The predicted molar refractivity (Wildman–Crippen MR) is 40.6 cm³/mol. The van der Waals surface area contributed by atoms with Gasteiger partial charge in [0.25, 0.3) is 0 Å². The first-order valence-electron chi connectivity index (χ1n) is 2.87. The average molecular weight is 166 g/mol.